The smallest absolute Gasteiger partial charge is 0.242 e. The molecular formula is C10H18N4O2S. The summed E-state index contributed by atoms with van der Waals surface area (Å²) >= 11 is 0. The summed E-state index contributed by atoms with van der Waals surface area (Å²) in [5.74, 6) is 5.58. The van der Waals surface area contributed by atoms with Crippen molar-refractivity contribution in [1.29, 1.82) is 0 Å². The number of rotatable bonds is 6. The molecule has 0 fully saturated rings. The highest BCUT2D eigenvalue weighted by atomic mass is 32.2. The molecule has 1 aromatic rings. The van der Waals surface area contributed by atoms with Gasteiger partial charge in [0.1, 0.15) is 10.7 Å². The van der Waals surface area contributed by atoms with Gasteiger partial charge in [-0.25, -0.2) is 24.0 Å². The van der Waals surface area contributed by atoms with Crippen LogP contribution < -0.4 is 16.0 Å². The SMILES string of the molecule is CCC(CC)NS(=O)(=O)c1ccc(NN)nc1. The van der Waals surface area contributed by atoms with Crippen molar-refractivity contribution >= 4 is 15.8 Å². The summed E-state index contributed by atoms with van der Waals surface area (Å²) in [4.78, 5) is 4.01. The largest absolute Gasteiger partial charge is 0.308 e. The number of anilines is 1. The Morgan fingerprint density at radius 1 is 1.35 bits per heavy atom. The Hall–Kier alpha value is -1.18. The zero-order valence-electron chi connectivity index (χ0n) is 9.97. The van der Waals surface area contributed by atoms with Crippen molar-refractivity contribution in [3.63, 3.8) is 0 Å². The minimum Gasteiger partial charge on any atom is -0.308 e. The maximum atomic E-state index is 12.0. The van der Waals surface area contributed by atoms with Gasteiger partial charge in [0, 0.05) is 12.2 Å². The Morgan fingerprint density at radius 3 is 2.41 bits per heavy atom. The molecular weight excluding hydrogens is 240 g/mol. The van der Waals surface area contributed by atoms with E-state index in [1.165, 1.54) is 18.3 Å². The van der Waals surface area contributed by atoms with Crippen molar-refractivity contribution in [2.75, 3.05) is 5.43 Å². The third-order valence-corrected chi connectivity index (χ3v) is 4.01. The van der Waals surface area contributed by atoms with Gasteiger partial charge in [0.15, 0.2) is 0 Å². The number of hydrazine groups is 1. The second kappa shape index (κ2) is 5.95. The number of sulfonamides is 1. The van der Waals surface area contributed by atoms with E-state index in [4.69, 9.17) is 5.84 Å². The lowest BCUT2D eigenvalue weighted by atomic mass is 10.2. The molecule has 0 amide bonds. The summed E-state index contributed by atoms with van der Waals surface area (Å²) < 4.78 is 26.5. The molecule has 0 aromatic carbocycles. The Kier molecular flexibility index (Phi) is 4.86. The molecule has 0 saturated heterocycles. The summed E-state index contributed by atoms with van der Waals surface area (Å²) in [5, 5.41) is 0. The Labute approximate surface area is 102 Å². The van der Waals surface area contributed by atoms with E-state index in [-0.39, 0.29) is 10.9 Å². The number of nitrogen functional groups attached to an aromatic ring is 1. The first-order chi connectivity index (χ1) is 8.03. The molecule has 0 atom stereocenters. The average molecular weight is 258 g/mol. The molecule has 17 heavy (non-hydrogen) atoms. The van der Waals surface area contributed by atoms with Gasteiger partial charge < -0.3 is 5.43 Å². The lowest BCUT2D eigenvalue weighted by molar-refractivity contribution is 0.530. The molecule has 0 saturated carbocycles. The van der Waals surface area contributed by atoms with E-state index < -0.39 is 10.0 Å². The van der Waals surface area contributed by atoms with Crippen LogP contribution in [0.2, 0.25) is 0 Å². The molecule has 1 rings (SSSR count). The summed E-state index contributed by atoms with van der Waals surface area (Å²) in [5.41, 5.74) is 2.34. The van der Waals surface area contributed by atoms with Gasteiger partial charge in [-0.15, -0.1) is 0 Å². The van der Waals surface area contributed by atoms with E-state index in [1.54, 1.807) is 0 Å². The fourth-order valence-electron chi connectivity index (χ4n) is 1.37. The predicted octanol–water partition coefficient (Wildman–Crippen LogP) is 0.834. The highest BCUT2D eigenvalue weighted by Gasteiger charge is 2.18. The van der Waals surface area contributed by atoms with Gasteiger partial charge in [-0.05, 0) is 25.0 Å². The van der Waals surface area contributed by atoms with Crippen LogP contribution in [0.15, 0.2) is 23.2 Å². The lowest BCUT2D eigenvalue weighted by Gasteiger charge is -2.14. The van der Waals surface area contributed by atoms with Gasteiger partial charge >= 0.3 is 0 Å². The van der Waals surface area contributed by atoms with Gasteiger partial charge in [0.2, 0.25) is 10.0 Å². The number of pyridine rings is 1. The van der Waals surface area contributed by atoms with Crippen LogP contribution >= 0.6 is 0 Å². The molecule has 0 spiro atoms. The summed E-state index contributed by atoms with van der Waals surface area (Å²) in [6.45, 7) is 3.88. The topological polar surface area (TPSA) is 97.1 Å². The van der Waals surface area contributed by atoms with Crippen LogP contribution in [-0.4, -0.2) is 19.4 Å². The van der Waals surface area contributed by atoms with Crippen molar-refractivity contribution in [1.82, 2.24) is 9.71 Å². The number of nitrogens with zero attached hydrogens (tertiary/aromatic N) is 1. The highest BCUT2D eigenvalue weighted by Crippen LogP contribution is 2.11. The molecule has 0 unspecified atom stereocenters. The van der Waals surface area contributed by atoms with Crippen LogP contribution in [0.4, 0.5) is 5.82 Å². The number of nitrogens with one attached hydrogen (secondary N) is 2. The lowest BCUT2D eigenvalue weighted by Crippen LogP contribution is -2.33. The molecule has 7 heteroatoms. The number of aromatic nitrogens is 1. The molecule has 1 aromatic heterocycles. The molecule has 1 heterocycles. The molecule has 0 aliphatic heterocycles. The fraction of sp³-hybridized carbons (Fsp3) is 0.500. The first kappa shape index (κ1) is 13.9. The van der Waals surface area contributed by atoms with Crippen molar-refractivity contribution in [3.8, 4) is 0 Å². The standard InChI is InChI=1S/C10H18N4O2S/c1-3-8(4-2)14-17(15,16)9-5-6-10(13-11)12-7-9/h5-8,14H,3-4,11H2,1-2H3,(H,12,13). The third-order valence-electron chi connectivity index (χ3n) is 2.50. The van der Waals surface area contributed by atoms with E-state index in [2.05, 4.69) is 15.1 Å². The minimum absolute atomic E-state index is 0.0488. The number of nitrogens with two attached hydrogens (primary N) is 1. The van der Waals surface area contributed by atoms with E-state index in [1.807, 2.05) is 13.8 Å². The maximum absolute atomic E-state index is 12.0. The van der Waals surface area contributed by atoms with E-state index in [0.717, 1.165) is 12.8 Å². The van der Waals surface area contributed by atoms with Crippen LogP contribution in [0.3, 0.4) is 0 Å². The molecule has 4 N–H and O–H groups in total. The van der Waals surface area contributed by atoms with Gasteiger partial charge in [-0.1, -0.05) is 13.8 Å². The summed E-state index contributed by atoms with van der Waals surface area (Å²) in [6.07, 6.45) is 2.79. The predicted molar refractivity (Wildman–Crippen MR) is 66.7 cm³/mol. The van der Waals surface area contributed by atoms with Gasteiger partial charge in [0.25, 0.3) is 0 Å². The van der Waals surface area contributed by atoms with Crippen LogP contribution in [0, 0.1) is 0 Å². The van der Waals surface area contributed by atoms with Crippen LogP contribution in [0.25, 0.3) is 0 Å². The molecule has 0 radical (unpaired) electrons. The van der Waals surface area contributed by atoms with Gasteiger partial charge in [-0.2, -0.15) is 0 Å². The number of hydrogen-bond donors (Lipinski definition) is 3. The van der Waals surface area contributed by atoms with E-state index >= 15 is 0 Å². The molecule has 6 nitrogen and oxygen atoms in total. The van der Waals surface area contributed by atoms with Crippen LogP contribution in [-0.2, 0) is 10.0 Å². The van der Waals surface area contributed by atoms with Crippen LogP contribution in [0.1, 0.15) is 26.7 Å². The zero-order chi connectivity index (χ0) is 12.9. The normalized spacial score (nSPS) is 11.8. The second-order valence-corrected chi connectivity index (χ2v) is 5.37. The van der Waals surface area contributed by atoms with Gasteiger partial charge in [-0.3, -0.25) is 0 Å². The minimum atomic E-state index is -3.49. The summed E-state index contributed by atoms with van der Waals surface area (Å²) in [6, 6.07) is 2.93. The summed E-state index contributed by atoms with van der Waals surface area (Å²) in [7, 11) is -3.49. The first-order valence-corrected chi connectivity index (χ1v) is 6.96. The van der Waals surface area contributed by atoms with E-state index in [0.29, 0.717) is 5.82 Å². The Morgan fingerprint density at radius 2 is 2.00 bits per heavy atom. The molecule has 0 bridgehead atoms. The number of hydrogen-bond acceptors (Lipinski definition) is 5. The van der Waals surface area contributed by atoms with Crippen molar-refractivity contribution < 1.29 is 8.42 Å². The molecule has 0 aliphatic rings. The average Bonchev–Trinajstić information content (AvgIpc) is 2.36. The zero-order valence-corrected chi connectivity index (χ0v) is 10.8. The quantitative estimate of drug-likeness (QED) is 0.519. The molecule has 0 aliphatic carbocycles. The Bertz CT molecular complexity index is 440. The fourth-order valence-corrected chi connectivity index (χ4v) is 2.71. The van der Waals surface area contributed by atoms with Crippen LogP contribution in [0.5, 0.6) is 0 Å². The van der Waals surface area contributed by atoms with Crippen molar-refractivity contribution in [2.24, 2.45) is 5.84 Å². The monoisotopic (exact) mass is 258 g/mol. The first-order valence-electron chi connectivity index (χ1n) is 5.48. The van der Waals surface area contributed by atoms with Crippen molar-refractivity contribution in [2.45, 2.75) is 37.6 Å². The highest BCUT2D eigenvalue weighted by molar-refractivity contribution is 7.89. The third kappa shape index (κ3) is 3.65. The van der Waals surface area contributed by atoms with E-state index in [9.17, 15) is 8.42 Å². The van der Waals surface area contributed by atoms with Crippen molar-refractivity contribution in [3.05, 3.63) is 18.3 Å². The Balaban J connectivity index is 2.89. The van der Waals surface area contributed by atoms with Gasteiger partial charge in [0.05, 0.1) is 0 Å². The molecule has 96 valence electrons. The second-order valence-electron chi connectivity index (χ2n) is 3.66. The maximum Gasteiger partial charge on any atom is 0.242 e.